The molecule has 0 fully saturated rings. The van der Waals surface area contributed by atoms with Crippen LogP contribution >= 0.6 is 0 Å². The fourth-order valence-electron chi connectivity index (χ4n) is 0. The Labute approximate surface area is 36.8 Å². The van der Waals surface area contributed by atoms with Gasteiger partial charge in [0.15, 0.2) is 0 Å². The van der Waals surface area contributed by atoms with Gasteiger partial charge >= 0.3 is 19.5 Å². The summed E-state index contributed by atoms with van der Waals surface area (Å²) in [5, 5.41) is 6.76. The van der Waals surface area contributed by atoms with Crippen LogP contribution in [-0.4, -0.2) is 11.6 Å². The molecule has 0 aliphatic carbocycles. The normalized spacial score (nSPS) is 3.40. The molecular weight excluding hydrogens is 119 g/mol. The number of hydrogen-bond donors (Lipinski definition) is 1. The zero-order valence-electron chi connectivity index (χ0n) is 2.10. The molecule has 4 heteroatoms. The fraction of sp³-hybridized carbons (Fsp3) is 0. The molecule has 0 aliphatic rings. The number of hydrogen-bond acceptors (Lipinski definition) is 2. The molecule has 0 aromatic heterocycles. The predicted octanol–water partition coefficient (Wildman–Crippen LogP) is -0.510. The van der Waals surface area contributed by atoms with E-state index in [0.717, 1.165) is 0 Å². The summed E-state index contributed by atoms with van der Waals surface area (Å²) >= 11 is 2.31. The summed E-state index contributed by atoms with van der Waals surface area (Å²) in [4.78, 5) is 8.24. The van der Waals surface area contributed by atoms with Crippen molar-refractivity contribution in [3.63, 3.8) is 0 Å². The van der Waals surface area contributed by atoms with Gasteiger partial charge in [-0.05, 0) is 0 Å². The first-order valence-electron chi connectivity index (χ1n) is 0.564. The Kier molecular flexibility index (Phi) is 85.3. The molecule has 0 aromatic carbocycles. The fourth-order valence-corrected chi connectivity index (χ4v) is 0. The monoisotopic (exact) mass is 120 g/mol. The summed E-state index contributed by atoms with van der Waals surface area (Å²) in [6.45, 7) is 0.500. The average Bonchev–Trinajstić information content (AvgIpc) is 1.46. The molecule has 0 unspecified atom stereocenters. The minimum atomic E-state index is 0.500. The summed E-state index contributed by atoms with van der Waals surface area (Å²) in [6.07, 6.45) is 0. The van der Waals surface area contributed by atoms with Crippen molar-refractivity contribution in [1.82, 2.24) is 0 Å². The van der Waals surface area contributed by atoms with E-state index in [-0.39, 0.29) is 0 Å². The van der Waals surface area contributed by atoms with Crippen LogP contribution in [0.4, 0.5) is 0 Å². The molecule has 33 valence electrons. The van der Waals surface area contributed by atoms with Gasteiger partial charge in [-0.15, -0.1) is 0 Å². The minimum absolute atomic E-state index is 0.500. The maximum atomic E-state index is 8.24. The van der Waals surface area contributed by atoms with Crippen molar-refractivity contribution >= 4 is 6.47 Å². The number of aliphatic hydroxyl groups excluding tert-OH is 1. The van der Waals surface area contributed by atoms with Crippen molar-refractivity contribution in [1.29, 1.82) is 0 Å². The molecule has 0 rings (SSSR count). The van der Waals surface area contributed by atoms with Crippen LogP contribution < -0.4 is 0 Å². The van der Waals surface area contributed by atoms with Crippen LogP contribution in [-0.2, 0) is 24.3 Å². The van der Waals surface area contributed by atoms with Crippen molar-refractivity contribution in [2.24, 2.45) is 0 Å². The van der Waals surface area contributed by atoms with Gasteiger partial charge in [-0.2, -0.15) is 0 Å². The third kappa shape index (κ3) is 239. The molecule has 0 bridgehead atoms. The Balaban J connectivity index is 0. The second kappa shape index (κ2) is 48.3. The third-order valence-electron chi connectivity index (χ3n) is 0. The van der Waals surface area contributed by atoms with E-state index in [9.17, 15) is 0 Å². The summed E-state index contributed by atoms with van der Waals surface area (Å²) < 4.78 is 7.94. The molecule has 0 spiro atoms. The third-order valence-corrected chi connectivity index (χ3v) is 0. The van der Waals surface area contributed by atoms with Crippen LogP contribution in [0.1, 0.15) is 0 Å². The topological polar surface area (TPSA) is 54.4 Å². The van der Waals surface area contributed by atoms with E-state index in [1.807, 2.05) is 0 Å². The second-order valence-corrected chi connectivity index (χ2v) is 0.0913. The van der Waals surface area contributed by atoms with Crippen molar-refractivity contribution in [3.8, 4) is 0 Å². The molecule has 1 N–H and O–H groups in total. The van der Waals surface area contributed by atoms with Crippen LogP contribution in [0.2, 0.25) is 0 Å². The molecule has 0 saturated carbocycles. The summed E-state index contributed by atoms with van der Waals surface area (Å²) in [5.74, 6) is 0. The zero-order valence-corrected chi connectivity index (χ0v) is 3.14. The van der Waals surface area contributed by atoms with Gasteiger partial charge in [0.2, 0.25) is 0 Å². The van der Waals surface area contributed by atoms with Crippen LogP contribution in [0.25, 0.3) is 0 Å². The Morgan fingerprint density at radius 2 is 1.60 bits per heavy atom. The van der Waals surface area contributed by atoms with Gasteiger partial charge in [0, 0.05) is 0 Å². The molecule has 0 atom stereocenters. The Bertz CT molecular complexity index is 20.9. The Hall–Kier alpha value is -0.224. The van der Waals surface area contributed by atoms with Crippen LogP contribution in [0, 0.1) is 0 Å². The van der Waals surface area contributed by atoms with E-state index >= 15 is 0 Å². The molecule has 0 saturated heterocycles. The van der Waals surface area contributed by atoms with E-state index in [2.05, 4.69) is 15.7 Å². The van der Waals surface area contributed by atoms with Crippen LogP contribution in [0.3, 0.4) is 0 Å². The second-order valence-electron chi connectivity index (χ2n) is 0.0913. The van der Waals surface area contributed by atoms with E-state index in [0.29, 0.717) is 6.47 Å². The van der Waals surface area contributed by atoms with Crippen molar-refractivity contribution < 1.29 is 29.4 Å². The van der Waals surface area contributed by atoms with Gasteiger partial charge in [-0.25, -0.2) is 0 Å². The molecule has 3 nitrogen and oxygen atoms in total. The molecule has 0 radical (unpaired) electrons. The van der Waals surface area contributed by atoms with Crippen LogP contribution in [0.15, 0.2) is 0 Å². The summed E-state index contributed by atoms with van der Waals surface area (Å²) in [5.41, 5.74) is 0. The van der Waals surface area contributed by atoms with Crippen molar-refractivity contribution in [2.45, 2.75) is 0 Å². The molecule has 5 heavy (non-hydrogen) atoms. The van der Waals surface area contributed by atoms with Crippen molar-refractivity contribution in [2.75, 3.05) is 0 Å². The average molecular weight is 120 g/mol. The zero-order chi connectivity index (χ0) is 4.71. The predicted molar refractivity (Wildman–Crippen MR) is 9.01 cm³/mol. The van der Waals surface area contributed by atoms with Crippen LogP contribution in [0.5, 0.6) is 0 Å². The van der Waals surface area contributed by atoms with E-state index in [1.165, 1.54) is 0 Å². The Morgan fingerprint density at radius 1 is 1.60 bits per heavy atom. The van der Waals surface area contributed by atoms with Gasteiger partial charge < -0.3 is 9.90 Å². The Morgan fingerprint density at radius 3 is 1.60 bits per heavy atom. The quantitative estimate of drug-likeness (QED) is 0.438. The van der Waals surface area contributed by atoms with E-state index in [4.69, 9.17) is 13.8 Å². The van der Waals surface area contributed by atoms with Gasteiger partial charge in [0.25, 0.3) is 0 Å². The molecule has 0 aliphatic heterocycles. The maximum absolute atomic E-state index is 8.24. The first kappa shape index (κ1) is 8.84. The molecule has 0 aromatic rings. The first-order valence-corrected chi connectivity index (χ1v) is 0.989. The van der Waals surface area contributed by atoms with Gasteiger partial charge in [0.1, 0.15) is 0 Å². The van der Waals surface area contributed by atoms with E-state index in [1.54, 1.807) is 0 Å². The summed E-state index contributed by atoms with van der Waals surface area (Å²) in [7, 11) is 0. The standard InChI is InChI=1S/CHO2.Co.O/c2-1-3;;/h(H,2,3);;/q-1;;. The molecule has 0 heterocycles. The SMILES string of the molecule is O=[C-]O.[O]=[Co]. The van der Waals surface area contributed by atoms with Gasteiger partial charge in [-0.3, -0.25) is 0 Å². The molecular formula is CHCoO3-. The van der Waals surface area contributed by atoms with Crippen molar-refractivity contribution in [3.05, 3.63) is 0 Å². The first-order chi connectivity index (χ1) is 2.41. The van der Waals surface area contributed by atoms with Gasteiger partial charge in [0.05, 0.1) is 0 Å². The van der Waals surface area contributed by atoms with E-state index < -0.39 is 0 Å². The van der Waals surface area contributed by atoms with Gasteiger partial charge in [-0.1, -0.05) is 6.47 Å². The molecule has 0 amide bonds. The summed E-state index contributed by atoms with van der Waals surface area (Å²) in [6, 6.07) is 0. The number of rotatable bonds is 0.